The molecule has 0 radical (unpaired) electrons. The maximum atomic E-state index is 12.1. The summed E-state index contributed by atoms with van der Waals surface area (Å²) in [4.78, 5) is 35.2. The van der Waals surface area contributed by atoms with Gasteiger partial charge in [-0.25, -0.2) is 5.43 Å². The van der Waals surface area contributed by atoms with Gasteiger partial charge in [-0.05, 0) is 48.9 Å². The van der Waals surface area contributed by atoms with Gasteiger partial charge >= 0.3 is 11.8 Å². The molecule has 0 aliphatic heterocycles. The van der Waals surface area contributed by atoms with E-state index in [1.54, 1.807) is 0 Å². The molecule has 0 unspecified atom stereocenters. The highest BCUT2D eigenvalue weighted by Gasteiger charge is 2.23. The van der Waals surface area contributed by atoms with Crippen molar-refractivity contribution in [2.45, 2.75) is 25.7 Å². The van der Waals surface area contributed by atoms with Crippen molar-refractivity contribution in [1.29, 1.82) is 5.26 Å². The summed E-state index contributed by atoms with van der Waals surface area (Å²) < 4.78 is 0. The average Bonchev–Trinajstić information content (AvgIpc) is 3.05. The number of thiophene rings is 1. The zero-order valence-corrected chi connectivity index (χ0v) is 15.4. The Morgan fingerprint density at radius 2 is 1.93 bits per heavy atom. The summed E-state index contributed by atoms with van der Waals surface area (Å²) in [7, 11) is 0. The Morgan fingerprint density at radius 1 is 1.21 bits per heavy atom. The van der Waals surface area contributed by atoms with E-state index < -0.39 is 16.7 Å². The van der Waals surface area contributed by atoms with E-state index in [-0.39, 0.29) is 5.69 Å². The maximum Gasteiger partial charge on any atom is 0.329 e. The number of hydrogen-bond donors (Lipinski definition) is 2. The number of hydrazone groups is 1. The Kier molecular flexibility index (Phi) is 5.76. The first-order chi connectivity index (χ1) is 13.5. The van der Waals surface area contributed by atoms with Gasteiger partial charge in [-0.2, -0.15) is 10.4 Å². The standard InChI is InChI=1S/C18H15N5O4S/c19-9-14-13-3-1-2-4-15(13)28-18(14)21-16(24)17(25)22-20-10-11-5-7-12(8-6-11)23(26)27/h5-8,10H,1-4H2,(H,21,24)(H,22,25)/b20-10+. The van der Waals surface area contributed by atoms with Gasteiger partial charge in [0, 0.05) is 17.0 Å². The predicted molar refractivity (Wildman–Crippen MR) is 103 cm³/mol. The lowest BCUT2D eigenvalue weighted by Gasteiger charge is -2.09. The van der Waals surface area contributed by atoms with Gasteiger partial charge in [0.15, 0.2) is 0 Å². The number of rotatable bonds is 4. The highest BCUT2D eigenvalue weighted by molar-refractivity contribution is 7.16. The molecule has 1 aromatic heterocycles. The van der Waals surface area contributed by atoms with Crippen LogP contribution < -0.4 is 10.7 Å². The first-order valence-electron chi connectivity index (χ1n) is 8.43. The topological polar surface area (TPSA) is 137 Å². The first kappa shape index (κ1) is 19.2. The maximum absolute atomic E-state index is 12.1. The molecule has 0 bridgehead atoms. The molecule has 10 heteroatoms. The van der Waals surface area contributed by atoms with E-state index in [4.69, 9.17) is 0 Å². The van der Waals surface area contributed by atoms with Gasteiger partial charge in [0.05, 0.1) is 16.7 Å². The number of nitrogens with one attached hydrogen (secondary N) is 2. The fourth-order valence-corrected chi connectivity index (χ4v) is 4.07. The number of nitrogens with zero attached hydrogens (tertiary/aromatic N) is 3. The third-order valence-corrected chi connectivity index (χ3v) is 5.41. The zero-order chi connectivity index (χ0) is 20.1. The van der Waals surface area contributed by atoms with Crippen LogP contribution >= 0.6 is 11.3 Å². The van der Waals surface area contributed by atoms with Crippen LogP contribution in [0.5, 0.6) is 0 Å². The summed E-state index contributed by atoms with van der Waals surface area (Å²) in [6, 6.07) is 7.64. The van der Waals surface area contributed by atoms with Crippen molar-refractivity contribution in [3.05, 3.63) is 55.9 Å². The number of carbonyl (C=O) groups excluding carboxylic acids is 2. The minimum atomic E-state index is -0.978. The van der Waals surface area contributed by atoms with Gasteiger partial charge in [0.25, 0.3) is 5.69 Å². The van der Waals surface area contributed by atoms with Crippen LogP contribution in [0.1, 0.15) is 34.4 Å². The zero-order valence-electron chi connectivity index (χ0n) is 14.6. The number of nitro groups is 1. The molecule has 2 aromatic rings. The van der Waals surface area contributed by atoms with Crippen molar-refractivity contribution in [3.8, 4) is 6.07 Å². The lowest BCUT2D eigenvalue weighted by molar-refractivity contribution is -0.384. The van der Waals surface area contributed by atoms with Crippen molar-refractivity contribution >= 4 is 40.1 Å². The summed E-state index contributed by atoms with van der Waals surface area (Å²) in [5.41, 5.74) is 3.94. The van der Waals surface area contributed by atoms with Crippen molar-refractivity contribution < 1.29 is 14.5 Å². The molecule has 1 aliphatic rings. The summed E-state index contributed by atoms with van der Waals surface area (Å²) in [5, 5.41) is 26.5. The monoisotopic (exact) mass is 397 g/mol. The third-order valence-electron chi connectivity index (χ3n) is 4.20. The largest absolute Gasteiger partial charge is 0.329 e. The summed E-state index contributed by atoms with van der Waals surface area (Å²) >= 11 is 1.33. The van der Waals surface area contributed by atoms with Gasteiger partial charge < -0.3 is 5.32 Å². The fourth-order valence-electron chi connectivity index (χ4n) is 2.83. The summed E-state index contributed by atoms with van der Waals surface area (Å²) in [6.45, 7) is 0. The third kappa shape index (κ3) is 4.21. The number of carbonyl (C=O) groups is 2. The van der Waals surface area contributed by atoms with E-state index in [1.165, 1.54) is 41.8 Å². The molecule has 142 valence electrons. The minimum Gasteiger partial charge on any atom is -0.308 e. The number of nitro benzene ring substituents is 1. The summed E-state index contributed by atoms with van der Waals surface area (Å²) in [6.07, 6.45) is 4.99. The van der Waals surface area contributed by atoms with Crippen molar-refractivity contribution in [3.63, 3.8) is 0 Å². The van der Waals surface area contributed by atoms with Crippen molar-refractivity contribution in [1.82, 2.24) is 5.43 Å². The van der Waals surface area contributed by atoms with E-state index in [0.717, 1.165) is 36.1 Å². The average molecular weight is 397 g/mol. The SMILES string of the molecule is N#Cc1c(NC(=O)C(=O)N/N=C/c2ccc([N+](=O)[O-])cc2)sc2c1CCCC2. The van der Waals surface area contributed by atoms with Crippen LogP contribution in [-0.4, -0.2) is 23.0 Å². The molecule has 2 amide bonds. The van der Waals surface area contributed by atoms with E-state index >= 15 is 0 Å². The van der Waals surface area contributed by atoms with E-state index in [0.29, 0.717) is 16.1 Å². The Balaban J connectivity index is 1.61. The molecule has 3 rings (SSSR count). The van der Waals surface area contributed by atoms with Gasteiger partial charge in [-0.1, -0.05) is 0 Å². The van der Waals surface area contributed by atoms with Crippen LogP contribution in [0.4, 0.5) is 10.7 Å². The Morgan fingerprint density at radius 3 is 2.61 bits per heavy atom. The van der Waals surface area contributed by atoms with Crippen LogP contribution in [0.25, 0.3) is 0 Å². The van der Waals surface area contributed by atoms with Crippen LogP contribution in [0.2, 0.25) is 0 Å². The van der Waals surface area contributed by atoms with Crippen LogP contribution in [0.3, 0.4) is 0 Å². The normalized spacial score (nSPS) is 12.8. The molecule has 28 heavy (non-hydrogen) atoms. The summed E-state index contributed by atoms with van der Waals surface area (Å²) in [5.74, 6) is -1.90. The Labute approximate surface area is 163 Å². The van der Waals surface area contributed by atoms with Gasteiger partial charge in [0.2, 0.25) is 0 Å². The molecule has 0 spiro atoms. The number of aryl methyl sites for hydroxylation is 1. The van der Waals surface area contributed by atoms with Crippen LogP contribution in [-0.2, 0) is 22.4 Å². The number of anilines is 1. The molecule has 9 nitrogen and oxygen atoms in total. The van der Waals surface area contributed by atoms with E-state index in [2.05, 4.69) is 21.9 Å². The molecule has 1 aromatic carbocycles. The van der Waals surface area contributed by atoms with Crippen LogP contribution in [0, 0.1) is 21.4 Å². The quantitative estimate of drug-likeness (QED) is 0.353. The lowest BCUT2D eigenvalue weighted by Crippen LogP contribution is -2.32. The number of non-ortho nitro benzene ring substituents is 1. The van der Waals surface area contributed by atoms with Crippen molar-refractivity contribution in [2.24, 2.45) is 5.10 Å². The number of nitriles is 1. The van der Waals surface area contributed by atoms with Crippen molar-refractivity contribution in [2.75, 3.05) is 5.32 Å². The lowest BCUT2D eigenvalue weighted by atomic mass is 9.96. The second kappa shape index (κ2) is 8.41. The molecule has 1 aliphatic carbocycles. The molecule has 0 saturated carbocycles. The molecule has 0 fully saturated rings. The molecule has 1 heterocycles. The van der Waals surface area contributed by atoms with Gasteiger partial charge in [-0.15, -0.1) is 11.3 Å². The van der Waals surface area contributed by atoms with E-state index in [9.17, 15) is 25.0 Å². The smallest absolute Gasteiger partial charge is 0.308 e. The van der Waals surface area contributed by atoms with E-state index in [1.807, 2.05) is 0 Å². The van der Waals surface area contributed by atoms with Gasteiger partial charge in [0.1, 0.15) is 11.1 Å². The highest BCUT2D eigenvalue weighted by Crippen LogP contribution is 2.37. The number of amides is 2. The van der Waals surface area contributed by atoms with Gasteiger partial charge in [-0.3, -0.25) is 19.7 Å². The second-order valence-electron chi connectivity index (χ2n) is 6.03. The first-order valence-corrected chi connectivity index (χ1v) is 9.24. The Hall–Kier alpha value is -3.58. The predicted octanol–water partition coefficient (Wildman–Crippen LogP) is 2.50. The molecule has 2 N–H and O–H groups in total. The molecule has 0 atom stereocenters. The molecule has 0 saturated heterocycles. The number of fused-ring (bicyclic) bond motifs is 1. The Bertz CT molecular complexity index is 1000. The number of hydrogen-bond acceptors (Lipinski definition) is 7. The molecular formula is C18H15N5O4S. The fraction of sp³-hybridized carbons (Fsp3) is 0.222. The minimum absolute atomic E-state index is 0.0625. The highest BCUT2D eigenvalue weighted by atomic mass is 32.1. The second-order valence-corrected chi connectivity index (χ2v) is 7.13. The number of benzene rings is 1. The molecular weight excluding hydrogens is 382 g/mol. The van der Waals surface area contributed by atoms with Crippen LogP contribution in [0.15, 0.2) is 29.4 Å².